The lowest BCUT2D eigenvalue weighted by molar-refractivity contribution is -0.113. The molecule has 0 atom stereocenters. The highest BCUT2D eigenvalue weighted by Crippen LogP contribution is 2.32. The Morgan fingerprint density at radius 1 is 1.16 bits per heavy atom. The van der Waals surface area contributed by atoms with Crippen molar-refractivity contribution in [3.63, 3.8) is 0 Å². The van der Waals surface area contributed by atoms with Crippen LogP contribution in [0.2, 0.25) is 0 Å². The van der Waals surface area contributed by atoms with Crippen LogP contribution in [0, 0.1) is 0 Å². The van der Waals surface area contributed by atoms with E-state index in [-0.39, 0.29) is 17.2 Å². The molecule has 130 valence electrons. The lowest BCUT2D eigenvalue weighted by atomic mass is 10.1. The number of thioether (sulfide) groups is 1. The summed E-state index contributed by atoms with van der Waals surface area (Å²) >= 11 is 3.04. The predicted molar refractivity (Wildman–Crippen MR) is 104 cm³/mol. The summed E-state index contributed by atoms with van der Waals surface area (Å²) in [5.74, 6) is 1.07. The van der Waals surface area contributed by atoms with Gasteiger partial charge in [-0.3, -0.25) is 9.36 Å². The summed E-state index contributed by atoms with van der Waals surface area (Å²) in [6.45, 7) is 6.34. The van der Waals surface area contributed by atoms with Crippen LogP contribution in [-0.2, 0) is 10.3 Å². The van der Waals surface area contributed by atoms with Crippen molar-refractivity contribution >= 4 is 34.7 Å². The first kappa shape index (κ1) is 17.7. The van der Waals surface area contributed by atoms with E-state index in [4.69, 9.17) is 0 Å². The van der Waals surface area contributed by atoms with E-state index >= 15 is 0 Å². The molecule has 3 rings (SSSR count). The smallest absolute Gasteiger partial charge is 0.234 e. The van der Waals surface area contributed by atoms with Gasteiger partial charge in [-0.2, -0.15) is 0 Å². The normalized spacial score (nSPS) is 11.5. The molecule has 0 bridgehead atoms. The van der Waals surface area contributed by atoms with Crippen LogP contribution in [0.3, 0.4) is 0 Å². The van der Waals surface area contributed by atoms with Gasteiger partial charge in [0.15, 0.2) is 11.0 Å². The first-order chi connectivity index (χ1) is 11.9. The van der Waals surface area contributed by atoms with E-state index in [9.17, 15) is 4.79 Å². The zero-order chi connectivity index (χ0) is 17.9. The minimum Gasteiger partial charge on any atom is -0.325 e. The third-order valence-corrected chi connectivity index (χ3v) is 5.23. The Labute approximate surface area is 155 Å². The number of aromatic nitrogens is 3. The van der Waals surface area contributed by atoms with E-state index in [0.717, 1.165) is 21.5 Å². The number of amides is 1. The van der Waals surface area contributed by atoms with Gasteiger partial charge < -0.3 is 5.32 Å². The molecular formula is C18H20N4OS2. The molecule has 0 spiro atoms. The molecular weight excluding hydrogens is 352 g/mol. The van der Waals surface area contributed by atoms with Gasteiger partial charge in [0, 0.05) is 11.2 Å². The van der Waals surface area contributed by atoms with Crippen LogP contribution in [0.4, 0.5) is 5.69 Å². The first-order valence-electron chi connectivity index (χ1n) is 7.92. The molecule has 0 aliphatic rings. The van der Waals surface area contributed by atoms with E-state index in [1.54, 1.807) is 11.3 Å². The first-order valence-corrected chi connectivity index (χ1v) is 9.79. The van der Waals surface area contributed by atoms with Crippen LogP contribution < -0.4 is 5.32 Å². The summed E-state index contributed by atoms with van der Waals surface area (Å²) in [6.07, 6.45) is 0. The molecule has 0 unspecified atom stereocenters. The quantitative estimate of drug-likeness (QED) is 0.670. The van der Waals surface area contributed by atoms with E-state index in [2.05, 4.69) is 40.9 Å². The average molecular weight is 373 g/mol. The van der Waals surface area contributed by atoms with Crippen LogP contribution in [-0.4, -0.2) is 26.4 Å². The van der Waals surface area contributed by atoms with Gasteiger partial charge >= 0.3 is 0 Å². The summed E-state index contributed by atoms with van der Waals surface area (Å²) < 4.78 is 2.10. The number of nitrogens with zero attached hydrogens (tertiary/aromatic N) is 3. The van der Waals surface area contributed by atoms with Crippen LogP contribution in [0.25, 0.3) is 10.7 Å². The van der Waals surface area contributed by atoms with E-state index < -0.39 is 0 Å². The summed E-state index contributed by atoms with van der Waals surface area (Å²) in [6, 6.07) is 13.5. The van der Waals surface area contributed by atoms with Gasteiger partial charge in [-0.25, -0.2) is 0 Å². The van der Waals surface area contributed by atoms with Crippen molar-refractivity contribution in [1.29, 1.82) is 0 Å². The summed E-state index contributed by atoms with van der Waals surface area (Å²) in [5, 5.41) is 14.3. The van der Waals surface area contributed by atoms with Crippen molar-refractivity contribution in [2.75, 3.05) is 11.1 Å². The zero-order valence-corrected chi connectivity index (χ0v) is 16.0. The number of carbonyl (C=O) groups is 1. The molecule has 5 nitrogen and oxygen atoms in total. The highest BCUT2D eigenvalue weighted by molar-refractivity contribution is 7.99. The number of nitrogens with one attached hydrogen (secondary N) is 1. The molecule has 0 saturated heterocycles. The maximum absolute atomic E-state index is 12.2. The van der Waals surface area contributed by atoms with Gasteiger partial charge in [0.2, 0.25) is 5.91 Å². The van der Waals surface area contributed by atoms with Crippen molar-refractivity contribution in [3.05, 3.63) is 47.8 Å². The van der Waals surface area contributed by atoms with Crippen LogP contribution >= 0.6 is 23.1 Å². The molecule has 1 amide bonds. The minimum absolute atomic E-state index is 0.0580. The highest BCUT2D eigenvalue weighted by Gasteiger charge is 2.25. The molecule has 25 heavy (non-hydrogen) atoms. The van der Waals surface area contributed by atoms with E-state index in [1.165, 1.54) is 11.8 Å². The number of benzene rings is 1. The van der Waals surface area contributed by atoms with Crippen molar-refractivity contribution in [3.8, 4) is 10.7 Å². The van der Waals surface area contributed by atoms with Crippen molar-refractivity contribution in [2.45, 2.75) is 31.5 Å². The largest absolute Gasteiger partial charge is 0.325 e. The maximum atomic E-state index is 12.2. The number of hydrogen-bond donors (Lipinski definition) is 1. The van der Waals surface area contributed by atoms with E-state index in [0.29, 0.717) is 0 Å². The second-order valence-electron chi connectivity index (χ2n) is 6.49. The summed E-state index contributed by atoms with van der Waals surface area (Å²) in [4.78, 5) is 13.3. The fourth-order valence-corrected chi connectivity index (χ4v) is 4.00. The number of rotatable bonds is 5. The average Bonchev–Trinajstić information content (AvgIpc) is 3.22. The topological polar surface area (TPSA) is 59.8 Å². The van der Waals surface area contributed by atoms with E-state index in [1.807, 2.05) is 47.8 Å². The molecule has 0 aliphatic carbocycles. The van der Waals surface area contributed by atoms with Gasteiger partial charge in [0.25, 0.3) is 0 Å². The SMILES string of the molecule is CC(C)(C)n1c(SCC(=O)Nc2ccccc2)nnc1-c1cccs1. The fourth-order valence-electron chi connectivity index (χ4n) is 2.38. The van der Waals surface area contributed by atoms with Crippen molar-refractivity contribution in [2.24, 2.45) is 0 Å². The maximum Gasteiger partial charge on any atom is 0.234 e. The molecule has 0 radical (unpaired) electrons. The number of para-hydroxylation sites is 1. The Bertz CT molecular complexity index is 836. The third kappa shape index (κ3) is 4.29. The van der Waals surface area contributed by atoms with Gasteiger partial charge in [-0.15, -0.1) is 21.5 Å². The van der Waals surface area contributed by atoms with Gasteiger partial charge in [0.05, 0.1) is 10.6 Å². The third-order valence-electron chi connectivity index (χ3n) is 3.44. The van der Waals surface area contributed by atoms with Crippen molar-refractivity contribution < 1.29 is 4.79 Å². The highest BCUT2D eigenvalue weighted by atomic mass is 32.2. The van der Waals surface area contributed by atoms with Crippen LogP contribution in [0.1, 0.15) is 20.8 Å². The van der Waals surface area contributed by atoms with Crippen LogP contribution in [0.5, 0.6) is 0 Å². The number of carbonyl (C=O) groups excluding carboxylic acids is 1. The molecule has 0 fully saturated rings. The Morgan fingerprint density at radius 2 is 1.92 bits per heavy atom. The van der Waals surface area contributed by atoms with Crippen LogP contribution in [0.15, 0.2) is 53.0 Å². The molecule has 1 N–H and O–H groups in total. The van der Waals surface area contributed by atoms with Crippen molar-refractivity contribution in [1.82, 2.24) is 14.8 Å². The minimum atomic E-state index is -0.180. The number of thiophene rings is 1. The number of anilines is 1. The standard InChI is InChI=1S/C18H20N4OS2/c1-18(2,3)22-16(14-10-7-11-24-14)20-21-17(22)25-12-15(23)19-13-8-5-4-6-9-13/h4-11H,12H2,1-3H3,(H,19,23). The molecule has 2 aromatic heterocycles. The van der Waals surface area contributed by atoms with Gasteiger partial charge in [0.1, 0.15) is 0 Å². The molecule has 7 heteroatoms. The van der Waals surface area contributed by atoms with Gasteiger partial charge in [-0.05, 0) is 44.4 Å². The predicted octanol–water partition coefficient (Wildman–Crippen LogP) is 4.49. The lowest BCUT2D eigenvalue weighted by Gasteiger charge is -2.24. The Morgan fingerprint density at radius 3 is 2.56 bits per heavy atom. The molecule has 0 saturated carbocycles. The second kappa shape index (κ2) is 7.41. The monoisotopic (exact) mass is 372 g/mol. The summed E-state index contributed by atoms with van der Waals surface area (Å²) in [5.41, 5.74) is 0.616. The van der Waals surface area contributed by atoms with Gasteiger partial charge in [-0.1, -0.05) is 36.0 Å². The molecule has 3 aromatic rings. The molecule has 1 aromatic carbocycles. The lowest BCUT2D eigenvalue weighted by Crippen LogP contribution is -2.24. The molecule has 2 heterocycles. The fraction of sp³-hybridized carbons (Fsp3) is 0.278. The zero-order valence-electron chi connectivity index (χ0n) is 14.4. The Kier molecular flexibility index (Phi) is 5.24. The Hall–Kier alpha value is -2.12. The molecule has 0 aliphatic heterocycles. The Balaban J connectivity index is 1.75. The summed E-state index contributed by atoms with van der Waals surface area (Å²) in [7, 11) is 0. The number of hydrogen-bond acceptors (Lipinski definition) is 5. The second-order valence-corrected chi connectivity index (χ2v) is 8.38.